The summed E-state index contributed by atoms with van der Waals surface area (Å²) in [6, 6.07) is 10.6. The van der Waals surface area contributed by atoms with Gasteiger partial charge in [0.05, 0.1) is 18.2 Å². The van der Waals surface area contributed by atoms with Crippen LogP contribution >= 0.6 is 0 Å². The van der Waals surface area contributed by atoms with Crippen LogP contribution < -0.4 is 15.6 Å². The molecule has 1 aromatic carbocycles. The van der Waals surface area contributed by atoms with Gasteiger partial charge in [-0.1, -0.05) is 18.2 Å². The Balaban J connectivity index is 1.82. The van der Waals surface area contributed by atoms with Crippen molar-refractivity contribution >= 4 is 5.91 Å². The van der Waals surface area contributed by atoms with Crippen molar-refractivity contribution in [3.05, 3.63) is 64.1 Å². The third-order valence-electron chi connectivity index (χ3n) is 3.61. The van der Waals surface area contributed by atoms with Crippen LogP contribution in [0.3, 0.4) is 0 Å². The molecule has 108 valence electrons. The van der Waals surface area contributed by atoms with E-state index < -0.39 is 0 Å². The molecule has 1 amide bonds. The topological polar surface area (TPSA) is 60.3 Å². The van der Waals surface area contributed by atoms with Gasteiger partial charge in [0.25, 0.3) is 5.91 Å². The quantitative estimate of drug-likeness (QED) is 0.912. The predicted molar refractivity (Wildman–Crippen MR) is 78.4 cm³/mol. The second-order valence-electron chi connectivity index (χ2n) is 5.07. The number of hydrogen-bond donors (Lipinski definition) is 1. The Labute approximate surface area is 122 Å². The summed E-state index contributed by atoms with van der Waals surface area (Å²) in [6.45, 7) is 0.579. The van der Waals surface area contributed by atoms with E-state index in [9.17, 15) is 9.59 Å². The predicted octanol–water partition coefficient (Wildman–Crippen LogP) is 1.64. The van der Waals surface area contributed by atoms with E-state index in [0.717, 1.165) is 17.7 Å². The Hall–Kier alpha value is -2.56. The Kier molecular flexibility index (Phi) is 3.48. The molecule has 0 radical (unpaired) electrons. The summed E-state index contributed by atoms with van der Waals surface area (Å²) in [4.78, 5) is 23.7. The first-order chi connectivity index (χ1) is 10.1. The summed E-state index contributed by atoms with van der Waals surface area (Å²) in [5.41, 5.74) is 1.32. The highest BCUT2D eigenvalue weighted by Gasteiger charge is 2.23. The SMILES string of the molecule is Cn1cc(C(=O)NC2CCOc3ccccc32)ccc1=O. The molecule has 0 bridgehead atoms. The van der Waals surface area contributed by atoms with E-state index in [1.54, 1.807) is 19.3 Å². The number of hydrogen-bond acceptors (Lipinski definition) is 3. The molecule has 1 aliphatic heterocycles. The molecule has 21 heavy (non-hydrogen) atoms. The van der Waals surface area contributed by atoms with Gasteiger partial charge >= 0.3 is 0 Å². The minimum Gasteiger partial charge on any atom is -0.493 e. The lowest BCUT2D eigenvalue weighted by molar-refractivity contribution is 0.0924. The Morgan fingerprint density at radius 1 is 1.29 bits per heavy atom. The third kappa shape index (κ3) is 2.67. The van der Waals surface area contributed by atoms with Crippen molar-refractivity contribution in [2.24, 2.45) is 7.05 Å². The largest absolute Gasteiger partial charge is 0.493 e. The Bertz CT molecular complexity index is 736. The Morgan fingerprint density at radius 3 is 2.90 bits per heavy atom. The van der Waals surface area contributed by atoms with E-state index in [0.29, 0.717) is 12.2 Å². The molecule has 5 heteroatoms. The number of benzene rings is 1. The zero-order valence-electron chi connectivity index (χ0n) is 11.7. The number of carbonyl (C=O) groups is 1. The number of carbonyl (C=O) groups excluding carboxylic acids is 1. The molecule has 0 fully saturated rings. The molecule has 1 aliphatic rings. The molecule has 2 aromatic rings. The van der Waals surface area contributed by atoms with Crippen LogP contribution in [0.2, 0.25) is 0 Å². The van der Waals surface area contributed by atoms with Gasteiger partial charge in [0.2, 0.25) is 5.56 Å². The zero-order valence-corrected chi connectivity index (χ0v) is 11.7. The molecule has 0 saturated heterocycles. The van der Waals surface area contributed by atoms with Gasteiger partial charge in [0.15, 0.2) is 0 Å². The molecule has 0 spiro atoms. The van der Waals surface area contributed by atoms with E-state index in [4.69, 9.17) is 4.74 Å². The fourth-order valence-corrected chi connectivity index (χ4v) is 2.46. The van der Waals surface area contributed by atoms with E-state index in [1.165, 1.54) is 10.6 Å². The molecule has 0 saturated carbocycles. The summed E-state index contributed by atoms with van der Waals surface area (Å²) in [6.07, 6.45) is 2.28. The minimum atomic E-state index is -0.188. The van der Waals surface area contributed by atoms with Gasteiger partial charge in [-0.3, -0.25) is 9.59 Å². The number of nitrogens with zero attached hydrogens (tertiary/aromatic N) is 1. The number of nitrogens with one attached hydrogen (secondary N) is 1. The van der Waals surface area contributed by atoms with Gasteiger partial charge in [-0.15, -0.1) is 0 Å². The standard InChI is InChI=1S/C16H16N2O3/c1-18-10-11(6-7-15(18)19)16(20)17-13-8-9-21-14-5-3-2-4-12(13)14/h2-7,10,13H,8-9H2,1H3,(H,17,20). The zero-order chi connectivity index (χ0) is 14.8. The number of rotatable bonds is 2. The number of para-hydroxylation sites is 1. The summed E-state index contributed by atoms with van der Waals surface area (Å²) in [5, 5.41) is 3.00. The van der Waals surface area contributed by atoms with Gasteiger partial charge < -0.3 is 14.6 Å². The normalized spacial score (nSPS) is 16.7. The highest BCUT2D eigenvalue weighted by molar-refractivity contribution is 5.94. The molecular formula is C16H16N2O3. The van der Waals surface area contributed by atoms with Gasteiger partial charge in [-0.25, -0.2) is 0 Å². The molecule has 1 aromatic heterocycles. The van der Waals surface area contributed by atoms with Crippen LogP contribution in [-0.4, -0.2) is 17.1 Å². The van der Waals surface area contributed by atoms with Crippen molar-refractivity contribution < 1.29 is 9.53 Å². The number of pyridine rings is 1. The molecule has 5 nitrogen and oxygen atoms in total. The fraction of sp³-hybridized carbons (Fsp3) is 0.250. The number of ether oxygens (including phenoxy) is 1. The van der Waals surface area contributed by atoms with Crippen LogP contribution in [0.1, 0.15) is 28.4 Å². The van der Waals surface area contributed by atoms with Crippen LogP contribution in [0.4, 0.5) is 0 Å². The fourth-order valence-electron chi connectivity index (χ4n) is 2.46. The highest BCUT2D eigenvalue weighted by Crippen LogP contribution is 2.31. The average molecular weight is 284 g/mol. The molecule has 1 N–H and O–H groups in total. The molecular weight excluding hydrogens is 268 g/mol. The molecule has 3 rings (SSSR count). The van der Waals surface area contributed by atoms with Crippen molar-refractivity contribution in [2.75, 3.05) is 6.61 Å². The monoisotopic (exact) mass is 284 g/mol. The maximum Gasteiger partial charge on any atom is 0.253 e. The number of fused-ring (bicyclic) bond motifs is 1. The first kappa shape index (κ1) is 13.4. The number of aryl methyl sites for hydroxylation is 1. The lowest BCUT2D eigenvalue weighted by Gasteiger charge is -2.26. The smallest absolute Gasteiger partial charge is 0.253 e. The van der Waals surface area contributed by atoms with Crippen LogP contribution in [0.25, 0.3) is 0 Å². The highest BCUT2D eigenvalue weighted by atomic mass is 16.5. The second kappa shape index (κ2) is 5.44. The van der Waals surface area contributed by atoms with Gasteiger partial charge in [0.1, 0.15) is 5.75 Å². The van der Waals surface area contributed by atoms with E-state index in [-0.39, 0.29) is 17.5 Å². The van der Waals surface area contributed by atoms with E-state index in [1.807, 2.05) is 24.3 Å². The van der Waals surface area contributed by atoms with Crippen molar-refractivity contribution in [2.45, 2.75) is 12.5 Å². The van der Waals surface area contributed by atoms with Crippen molar-refractivity contribution in [3.63, 3.8) is 0 Å². The summed E-state index contributed by atoms with van der Waals surface area (Å²) < 4.78 is 6.97. The minimum absolute atomic E-state index is 0.0697. The first-order valence-electron chi connectivity index (χ1n) is 6.84. The van der Waals surface area contributed by atoms with Gasteiger partial charge in [0, 0.05) is 31.3 Å². The van der Waals surface area contributed by atoms with Crippen molar-refractivity contribution in [3.8, 4) is 5.75 Å². The first-order valence-corrected chi connectivity index (χ1v) is 6.84. The van der Waals surface area contributed by atoms with Gasteiger partial charge in [-0.05, 0) is 12.1 Å². The third-order valence-corrected chi connectivity index (χ3v) is 3.61. The summed E-state index contributed by atoms with van der Waals surface area (Å²) >= 11 is 0. The van der Waals surface area contributed by atoms with Crippen LogP contribution in [0.15, 0.2) is 47.4 Å². The van der Waals surface area contributed by atoms with Gasteiger partial charge in [-0.2, -0.15) is 0 Å². The maximum atomic E-state index is 12.3. The molecule has 2 heterocycles. The van der Waals surface area contributed by atoms with E-state index >= 15 is 0 Å². The maximum absolute atomic E-state index is 12.3. The van der Waals surface area contributed by atoms with Crippen molar-refractivity contribution in [1.82, 2.24) is 9.88 Å². The van der Waals surface area contributed by atoms with Crippen LogP contribution in [0.5, 0.6) is 5.75 Å². The number of aromatic nitrogens is 1. The molecule has 0 aliphatic carbocycles. The average Bonchev–Trinajstić information content (AvgIpc) is 2.50. The molecule has 1 unspecified atom stereocenters. The van der Waals surface area contributed by atoms with E-state index in [2.05, 4.69) is 5.32 Å². The van der Waals surface area contributed by atoms with Crippen LogP contribution in [0, 0.1) is 0 Å². The Morgan fingerprint density at radius 2 is 2.10 bits per heavy atom. The molecule has 1 atom stereocenters. The summed E-state index contributed by atoms with van der Waals surface area (Å²) in [5.74, 6) is 0.627. The second-order valence-corrected chi connectivity index (χ2v) is 5.07. The number of amides is 1. The van der Waals surface area contributed by atoms with Crippen molar-refractivity contribution in [1.29, 1.82) is 0 Å². The summed E-state index contributed by atoms with van der Waals surface area (Å²) in [7, 11) is 1.63. The lowest BCUT2D eigenvalue weighted by atomic mass is 10.0. The lowest BCUT2D eigenvalue weighted by Crippen LogP contribution is -2.32. The van der Waals surface area contributed by atoms with Crippen LogP contribution in [-0.2, 0) is 7.05 Å².